The molecule has 0 aliphatic rings. The zero-order valence-corrected chi connectivity index (χ0v) is 15.0. The van der Waals surface area contributed by atoms with Crippen LogP contribution in [0.3, 0.4) is 0 Å². The molecule has 4 rings (SSSR count). The molecule has 0 amide bonds. The Morgan fingerprint density at radius 2 is 1.33 bits per heavy atom. The van der Waals surface area contributed by atoms with E-state index < -0.39 is 10.0 Å². The highest BCUT2D eigenvalue weighted by atomic mass is 32.2. The molecule has 0 bridgehead atoms. The summed E-state index contributed by atoms with van der Waals surface area (Å²) < 4.78 is 40.8. The lowest BCUT2D eigenvalue weighted by Crippen LogP contribution is -2.13. The Morgan fingerprint density at radius 3 is 1.96 bits per heavy atom. The third-order valence-corrected chi connectivity index (χ3v) is 5.81. The van der Waals surface area contributed by atoms with E-state index in [4.69, 9.17) is 0 Å². The summed E-state index contributed by atoms with van der Waals surface area (Å²) in [4.78, 5) is 4.71. The first-order valence-electron chi connectivity index (χ1n) is 8.27. The number of hydrogen-bond donors (Lipinski definition) is 0. The quantitative estimate of drug-likeness (QED) is 0.522. The Kier molecular flexibility index (Phi) is 4.33. The van der Waals surface area contributed by atoms with Crippen molar-refractivity contribution in [1.29, 1.82) is 0 Å². The zero-order valence-electron chi connectivity index (χ0n) is 14.2. The molecule has 27 heavy (non-hydrogen) atoms. The maximum absolute atomic E-state index is 13.2. The topological polar surface area (TPSA) is 52.0 Å². The van der Waals surface area contributed by atoms with Gasteiger partial charge in [-0.3, -0.25) is 0 Å². The second-order valence-corrected chi connectivity index (χ2v) is 7.75. The average Bonchev–Trinajstić information content (AvgIpc) is 3.16. The first kappa shape index (κ1) is 17.2. The molecule has 0 N–H and O–H groups in total. The molecule has 1 heterocycles. The first-order valence-corrected chi connectivity index (χ1v) is 9.71. The number of aromatic nitrogens is 2. The molecule has 0 aliphatic heterocycles. The number of rotatable bonds is 4. The normalized spacial score (nSPS) is 11.4. The Bertz CT molecular complexity index is 1170. The van der Waals surface area contributed by atoms with Gasteiger partial charge in [-0.1, -0.05) is 48.5 Å². The number of imidazole rings is 1. The fraction of sp³-hybridized carbons (Fsp3) is 0. The monoisotopic (exact) mass is 378 g/mol. The van der Waals surface area contributed by atoms with E-state index in [1.165, 1.54) is 22.3 Å². The highest BCUT2D eigenvalue weighted by Crippen LogP contribution is 2.28. The van der Waals surface area contributed by atoms with Gasteiger partial charge >= 0.3 is 0 Å². The zero-order chi connectivity index (χ0) is 18.9. The highest BCUT2D eigenvalue weighted by Gasteiger charge is 2.23. The Labute approximate surface area is 156 Å². The van der Waals surface area contributed by atoms with Crippen molar-refractivity contribution in [2.45, 2.75) is 4.90 Å². The molecular formula is C21H15FN2O2S. The standard InChI is InChI=1S/C21H15FN2O2S/c22-18-13-11-16(12-14-18)20-15-24(21(23-20)17-7-3-1-4-8-17)27(25,26)19-9-5-2-6-10-19/h1-15H. The number of halogens is 1. The summed E-state index contributed by atoms with van der Waals surface area (Å²) in [5.74, 6) is -0.0582. The molecule has 0 unspecified atom stereocenters. The van der Waals surface area contributed by atoms with Crippen LogP contribution in [-0.2, 0) is 10.0 Å². The lowest BCUT2D eigenvalue weighted by Gasteiger charge is -2.09. The SMILES string of the molecule is O=S(=O)(c1ccccc1)n1cc(-c2ccc(F)cc2)nc1-c1ccccc1. The molecule has 3 aromatic carbocycles. The fourth-order valence-electron chi connectivity index (χ4n) is 2.79. The van der Waals surface area contributed by atoms with E-state index in [9.17, 15) is 12.8 Å². The van der Waals surface area contributed by atoms with Crippen molar-refractivity contribution in [2.24, 2.45) is 0 Å². The van der Waals surface area contributed by atoms with Crippen LogP contribution in [0.4, 0.5) is 4.39 Å². The second kappa shape index (κ2) is 6.81. The molecule has 0 saturated carbocycles. The summed E-state index contributed by atoms with van der Waals surface area (Å²) in [6.07, 6.45) is 1.47. The van der Waals surface area contributed by atoms with Crippen molar-refractivity contribution >= 4 is 10.0 Å². The van der Waals surface area contributed by atoms with Gasteiger partial charge in [-0.05, 0) is 36.4 Å². The van der Waals surface area contributed by atoms with Gasteiger partial charge in [0.25, 0.3) is 10.0 Å². The maximum Gasteiger partial charge on any atom is 0.269 e. The summed E-state index contributed by atoms with van der Waals surface area (Å²) >= 11 is 0. The molecule has 4 aromatic rings. The number of benzene rings is 3. The average molecular weight is 378 g/mol. The van der Waals surface area contributed by atoms with Crippen LogP contribution in [0.5, 0.6) is 0 Å². The van der Waals surface area contributed by atoms with Crippen LogP contribution in [0.1, 0.15) is 0 Å². The smallest absolute Gasteiger partial charge is 0.227 e. The van der Waals surface area contributed by atoms with Crippen LogP contribution in [0.25, 0.3) is 22.6 Å². The van der Waals surface area contributed by atoms with Crippen molar-refractivity contribution in [3.8, 4) is 22.6 Å². The maximum atomic E-state index is 13.2. The molecule has 1 aromatic heterocycles. The van der Waals surface area contributed by atoms with Crippen LogP contribution in [-0.4, -0.2) is 17.4 Å². The largest absolute Gasteiger partial charge is 0.269 e. The van der Waals surface area contributed by atoms with Crippen LogP contribution >= 0.6 is 0 Å². The van der Waals surface area contributed by atoms with E-state index in [-0.39, 0.29) is 10.7 Å². The number of nitrogens with zero attached hydrogens (tertiary/aromatic N) is 2. The van der Waals surface area contributed by atoms with E-state index in [1.54, 1.807) is 54.6 Å². The van der Waals surface area contributed by atoms with Gasteiger partial charge in [-0.2, -0.15) is 0 Å². The highest BCUT2D eigenvalue weighted by molar-refractivity contribution is 7.90. The molecule has 134 valence electrons. The Morgan fingerprint density at radius 1 is 0.741 bits per heavy atom. The minimum absolute atomic E-state index is 0.172. The van der Waals surface area contributed by atoms with Crippen LogP contribution in [0, 0.1) is 5.82 Å². The molecule has 0 atom stereocenters. The minimum atomic E-state index is -3.83. The summed E-state index contributed by atoms with van der Waals surface area (Å²) in [6, 6.07) is 23.1. The van der Waals surface area contributed by atoms with Crippen LogP contribution < -0.4 is 0 Å². The van der Waals surface area contributed by atoms with E-state index >= 15 is 0 Å². The van der Waals surface area contributed by atoms with E-state index in [2.05, 4.69) is 4.98 Å². The molecule has 0 radical (unpaired) electrons. The summed E-state index contributed by atoms with van der Waals surface area (Å²) in [5, 5.41) is 0. The first-order chi connectivity index (χ1) is 13.1. The van der Waals surface area contributed by atoms with Crippen LogP contribution in [0.15, 0.2) is 96.0 Å². The van der Waals surface area contributed by atoms with Gasteiger partial charge in [-0.25, -0.2) is 21.8 Å². The van der Waals surface area contributed by atoms with Gasteiger partial charge in [0.05, 0.1) is 10.6 Å². The van der Waals surface area contributed by atoms with Gasteiger partial charge in [0, 0.05) is 17.3 Å². The van der Waals surface area contributed by atoms with E-state index in [0.717, 1.165) is 0 Å². The van der Waals surface area contributed by atoms with E-state index in [0.29, 0.717) is 22.6 Å². The minimum Gasteiger partial charge on any atom is -0.227 e. The molecule has 6 heteroatoms. The third-order valence-electron chi connectivity index (χ3n) is 4.15. The lowest BCUT2D eigenvalue weighted by molar-refractivity contribution is 0.588. The summed E-state index contributed by atoms with van der Waals surface area (Å²) in [5.41, 5.74) is 1.76. The summed E-state index contributed by atoms with van der Waals surface area (Å²) in [6.45, 7) is 0. The van der Waals surface area contributed by atoms with Gasteiger partial charge in [0.2, 0.25) is 0 Å². The van der Waals surface area contributed by atoms with Gasteiger partial charge in [0.1, 0.15) is 5.82 Å². The molecule has 4 nitrogen and oxygen atoms in total. The number of hydrogen-bond acceptors (Lipinski definition) is 3. The van der Waals surface area contributed by atoms with Gasteiger partial charge in [-0.15, -0.1) is 0 Å². The summed E-state index contributed by atoms with van der Waals surface area (Å²) in [7, 11) is -3.83. The third kappa shape index (κ3) is 3.27. The molecular weight excluding hydrogens is 363 g/mol. The van der Waals surface area contributed by atoms with E-state index in [1.807, 2.05) is 18.2 Å². The van der Waals surface area contributed by atoms with Crippen molar-refractivity contribution in [3.05, 3.63) is 96.9 Å². The molecule has 0 aliphatic carbocycles. The Balaban J connectivity index is 1.93. The Hall–Kier alpha value is -3.25. The van der Waals surface area contributed by atoms with Gasteiger partial charge < -0.3 is 0 Å². The predicted octanol–water partition coefficient (Wildman–Crippen LogP) is 4.59. The van der Waals surface area contributed by atoms with Crippen molar-refractivity contribution in [3.63, 3.8) is 0 Å². The lowest BCUT2D eigenvalue weighted by atomic mass is 10.2. The van der Waals surface area contributed by atoms with Crippen molar-refractivity contribution < 1.29 is 12.8 Å². The molecule has 0 fully saturated rings. The molecule has 0 spiro atoms. The van der Waals surface area contributed by atoms with Gasteiger partial charge in [0.15, 0.2) is 5.82 Å². The van der Waals surface area contributed by atoms with Crippen LogP contribution in [0.2, 0.25) is 0 Å². The predicted molar refractivity (Wildman–Crippen MR) is 102 cm³/mol. The van der Waals surface area contributed by atoms with Crippen molar-refractivity contribution in [1.82, 2.24) is 8.96 Å². The molecule has 0 saturated heterocycles. The van der Waals surface area contributed by atoms with Crippen molar-refractivity contribution in [2.75, 3.05) is 0 Å². The second-order valence-electron chi connectivity index (χ2n) is 5.94. The fourth-order valence-corrected chi connectivity index (χ4v) is 4.13.